The van der Waals surface area contributed by atoms with E-state index in [4.69, 9.17) is 14.2 Å². The number of rotatable bonds is 7. The average Bonchev–Trinajstić information content (AvgIpc) is 2.38. The number of carbonyl (C=O) groups is 1. The summed E-state index contributed by atoms with van der Waals surface area (Å²) >= 11 is 0. The van der Waals surface area contributed by atoms with Crippen LogP contribution in [0.3, 0.4) is 0 Å². The van der Waals surface area contributed by atoms with E-state index in [9.17, 15) is 4.79 Å². The third-order valence-corrected chi connectivity index (χ3v) is 2.60. The topological polar surface area (TPSA) is 44.8 Å². The Morgan fingerprint density at radius 2 is 1.89 bits per heavy atom. The first-order valence-corrected chi connectivity index (χ1v) is 6.07. The minimum Gasteiger partial charge on any atom is -0.493 e. The van der Waals surface area contributed by atoms with Crippen LogP contribution in [0, 0.1) is 0 Å². The SMILES string of the molecule is CCOC(=O)CCCc1ccc(OC)c(OC)c1. The first kappa shape index (κ1) is 14.4. The third kappa shape index (κ3) is 4.28. The fourth-order valence-electron chi connectivity index (χ4n) is 1.71. The van der Waals surface area contributed by atoms with E-state index in [-0.39, 0.29) is 5.97 Å². The lowest BCUT2D eigenvalue weighted by Gasteiger charge is -2.09. The number of ether oxygens (including phenoxy) is 3. The summed E-state index contributed by atoms with van der Waals surface area (Å²) in [4.78, 5) is 11.2. The highest BCUT2D eigenvalue weighted by Crippen LogP contribution is 2.28. The second-order valence-corrected chi connectivity index (χ2v) is 3.85. The van der Waals surface area contributed by atoms with Gasteiger partial charge in [-0.25, -0.2) is 0 Å². The molecule has 0 spiro atoms. The molecule has 100 valence electrons. The van der Waals surface area contributed by atoms with Gasteiger partial charge in [0.15, 0.2) is 11.5 Å². The number of hydrogen-bond acceptors (Lipinski definition) is 4. The van der Waals surface area contributed by atoms with Gasteiger partial charge in [-0.2, -0.15) is 0 Å². The summed E-state index contributed by atoms with van der Waals surface area (Å²) in [6.07, 6.45) is 2.04. The quantitative estimate of drug-likeness (QED) is 0.700. The summed E-state index contributed by atoms with van der Waals surface area (Å²) < 4.78 is 15.3. The van der Waals surface area contributed by atoms with Crippen molar-refractivity contribution in [1.82, 2.24) is 0 Å². The lowest BCUT2D eigenvalue weighted by atomic mass is 10.1. The Morgan fingerprint density at radius 1 is 1.17 bits per heavy atom. The van der Waals surface area contributed by atoms with E-state index in [1.54, 1.807) is 14.2 Å². The second-order valence-electron chi connectivity index (χ2n) is 3.85. The van der Waals surface area contributed by atoms with Crippen molar-refractivity contribution >= 4 is 5.97 Å². The molecule has 4 nitrogen and oxygen atoms in total. The first-order chi connectivity index (χ1) is 8.71. The van der Waals surface area contributed by atoms with Crippen LogP contribution in [0.5, 0.6) is 11.5 Å². The summed E-state index contributed by atoms with van der Waals surface area (Å²) in [5, 5.41) is 0. The molecule has 0 amide bonds. The molecule has 1 aromatic carbocycles. The van der Waals surface area contributed by atoms with Crippen LogP contribution in [0.25, 0.3) is 0 Å². The Balaban J connectivity index is 2.50. The van der Waals surface area contributed by atoms with E-state index in [1.165, 1.54) is 0 Å². The van der Waals surface area contributed by atoms with Gasteiger partial charge < -0.3 is 14.2 Å². The Labute approximate surface area is 108 Å². The maximum Gasteiger partial charge on any atom is 0.305 e. The Hall–Kier alpha value is -1.71. The molecule has 0 aliphatic carbocycles. The summed E-state index contributed by atoms with van der Waals surface area (Å²) in [5.41, 5.74) is 1.12. The molecule has 4 heteroatoms. The highest BCUT2D eigenvalue weighted by molar-refractivity contribution is 5.69. The highest BCUT2D eigenvalue weighted by atomic mass is 16.5. The summed E-state index contributed by atoms with van der Waals surface area (Å²) in [5.74, 6) is 1.29. The lowest BCUT2D eigenvalue weighted by Crippen LogP contribution is -2.04. The molecule has 0 aliphatic rings. The van der Waals surface area contributed by atoms with Gasteiger partial charge in [0.2, 0.25) is 0 Å². The van der Waals surface area contributed by atoms with Crippen molar-refractivity contribution in [1.29, 1.82) is 0 Å². The number of hydrogen-bond donors (Lipinski definition) is 0. The minimum atomic E-state index is -0.141. The molecule has 0 atom stereocenters. The number of methoxy groups -OCH3 is 2. The zero-order valence-corrected chi connectivity index (χ0v) is 11.2. The van der Waals surface area contributed by atoms with Crippen LogP contribution in [0.2, 0.25) is 0 Å². The second kappa shape index (κ2) is 7.58. The van der Waals surface area contributed by atoms with Crippen molar-refractivity contribution in [2.45, 2.75) is 26.2 Å². The van der Waals surface area contributed by atoms with Crippen LogP contribution in [0.4, 0.5) is 0 Å². The molecule has 1 rings (SSSR count). The standard InChI is InChI=1S/C14H20O4/c1-4-18-14(15)7-5-6-11-8-9-12(16-2)13(10-11)17-3/h8-10H,4-7H2,1-3H3. The van der Waals surface area contributed by atoms with Crippen LogP contribution in [-0.4, -0.2) is 26.8 Å². The van der Waals surface area contributed by atoms with Gasteiger partial charge in [0, 0.05) is 6.42 Å². The summed E-state index contributed by atoms with van der Waals surface area (Å²) in [6.45, 7) is 2.25. The smallest absolute Gasteiger partial charge is 0.305 e. The zero-order valence-electron chi connectivity index (χ0n) is 11.2. The van der Waals surface area contributed by atoms with Crippen molar-refractivity contribution in [3.8, 4) is 11.5 Å². The van der Waals surface area contributed by atoms with Crippen molar-refractivity contribution in [3.63, 3.8) is 0 Å². The number of benzene rings is 1. The van der Waals surface area contributed by atoms with Crippen LogP contribution in [0.1, 0.15) is 25.3 Å². The summed E-state index contributed by atoms with van der Waals surface area (Å²) in [6, 6.07) is 5.79. The Morgan fingerprint density at radius 3 is 2.50 bits per heavy atom. The lowest BCUT2D eigenvalue weighted by molar-refractivity contribution is -0.143. The molecule has 0 bridgehead atoms. The predicted octanol–water partition coefficient (Wildman–Crippen LogP) is 2.59. The van der Waals surface area contributed by atoms with Gasteiger partial charge in [-0.1, -0.05) is 6.07 Å². The molecule has 0 saturated heterocycles. The van der Waals surface area contributed by atoms with E-state index in [1.807, 2.05) is 25.1 Å². The number of esters is 1. The predicted molar refractivity (Wildman–Crippen MR) is 69.1 cm³/mol. The molecule has 0 aromatic heterocycles. The molecular weight excluding hydrogens is 232 g/mol. The molecule has 1 aromatic rings. The maximum absolute atomic E-state index is 11.2. The maximum atomic E-state index is 11.2. The number of aryl methyl sites for hydroxylation is 1. The molecular formula is C14H20O4. The van der Waals surface area contributed by atoms with Crippen LogP contribution < -0.4 is 9.47 Å². The highest BCUT2D eigenvalue weighted by Gasteiger charge is 2.06. The average molecular weight is 252 g/mol. The van der Waals surface area contributed by atoms with Crippen molar-refractivity contribution < 1.29 is 19.0 Å². The zero-order chi connectivity index (χ0) is 13.4. The minimum absolute atomic E-state index is 0.141. The number of carbonyl (C=O) groups excluding carboxylic acids is 1. The van der Waals surface area contributed by atoms with E-state index in [0.717, 1.165) is 18.4 Å². The van der Waals surface area contributed by atoms with E-state index < -0.39 is 0 Å². The van der Waals surface area contributed by atoms with Gasteiger partial charge in [-0.15, -0.1) is 0 Å². The van der Waals surface area contributed by atoms with E-state index in [2.05, 4.69) is 0 Å². The van der Waals surface area contributed by atoms with Crippen molar-refractivity contribution in [2.24, 2.45) is 0 Å². The van der Waals surface area contributed by atoms with E-state index >= 15 is 0 Å². The molecule has 0 fully saturated rings. The van der Waals surface area contributed by atoms with Gasteiger partial charge in [0.25, 0.3) is 0 Å². The normalized spacial score (nSPS) is 9.94. The van der Waals surface area contributed by atoms with Gasteiger partial charge in [-0.05, 0) is 37.5 Å². The van der Waals surface area contributed by atoms with Gasteiger partial charge in [0.1, 0.15) is 0 Å². The van der Waals surface area contributed by atoms with Gasteiger partial charge >= 0.3 is 5.97 Å². The fraction of sp³-hybridized carbons (Fsp3) is 0.500. The third-order valence-electron chi connectivity index (χ3n) is 2.60. The van der Waals surface area contributed by atoms with Crippen LogP contribution in [0.15, 0.2) is 18.2 Å². The Kier molecular flexibility index (Phi) is 6.05. The van der Waals surface area contributed by atoms with E-state index in [0.29, 0.717) is 24.5 Å². The van der Waals surface area contributed by atoms with Gasteiger partial charge in [-0.3, -0.25) is 4.79 Å². The fourth-order valence-corrected chi connectivity index (χ4v) is 1.71. The first-order valence-electron chi connectivity index (χ1n) is 6.07. The van der Waals surface area contributed by atoms with Crippen LogP contribution in [-0.2, 0) is 16.0 Å². The molecule has 18 heavy (non-hydrogen) atoms. The molecule has 0 saturated carbocycles. The van der Waals surface area contributed by atoms with Crippen molar-refractivity contribution in [3.05, 3.63) is 23.8 Å². The molecule has 0 heterocycles. The van der Waals surface area contributed by atoms with Crippen molar-refractivity contribution in [2.75, 3.05) is 20.8 Å². The largest absolute Gasteiger partial charge is 0.493 e. The van der Waals surface area contributed by atoms with Gasteiger partial charge in [0.05, 0.1) is 20.8 Å². The summed E-state index contributed by atoms with van der Waals surface area (Å²) in [7, 11) is 3.22. The monoisotopic (exact) mass is 252 g/mol. The molecule has 0 N–H and O–H groups in total. The molecule has 0 radical (unpaired) electrons. The molecule has 0 unspecified atom stereocenters. The van der Waals surface area contributed by atoms with Crippen LogP contribution >= 0.6 is 0 Å². The molecule has 0 aliphatic heterocycles. The Bertz CT molecular complexity index is 387.